The summed E-state index contributed by atoms with van der Waals surface area (Å²) in [6, 6.07) is 11.7. The molecule has 6 nitrogen and oxygen atoms in total. The van der Waals surface area contributed by atoms with E-state index in [4.69, 9.17) is 27.9 Å². The molecule has 2 aromatic carbocycles. The number of rotatable bonds is 4. The maximum Gasteiger partial charge on any atom is 0.277 e. The van der Waals surface area contributed by atoms with E-state index in [2.05, 4.69) is 10.1 Å². The van der Waals surface area contributed by atoms with E-state index in [-0.39, 0.29) is 16.9 Å². The molecule has 146 valence electrons. The van der Waals surface area contributed by atoms with Crippen LogP contribution in [0.15, 0.2) is 53.5 Å². The first kappa shape index (κ1) is 19.2. The van der Waals surface area contributed by atoms with Gasteiger partial charge in [0.05, 0.1) is 15.6 Å². The van der Waals surface area contributed by atoms with Crippen LogP contribution in [0.5, 0.6) is 11.5 Å². The van der Waals surface area contributed by atoms with Crippen molar-refractivity contribution >= 4 is 39.9 Å². The molecule has 0 radical (unpaired) electrons. The van der Waals surface area contributed by atoms with Crippen molar-refractivity contribution in [2.45, 2.75) is 6.92 Å². The first-order chi connectivity index (χ1) is 13.9. The molecule has 0 atom stereocenters. The predicted octanol–water partition coefficient (Wildman–Crippen LogP) is 4.90. The van der Waals surface area contributed by atoms with E-state index in [9.17, 15) is 9.59 Å². The highest BCUT2D eigenvalue weighted by Crippen LogP contribution is 2.38. The van der Waals surface area contributed by atoms with Crippen molar-refractivity contribution < 1.29 is 9.53 Å². The number of H-pyrrole nitrogens is 1. The second-order valence-corrected chi connectivity index (χ2v) is 7.31. The topological polar surface area (TPSA) is 77.0 Å². The molecule has 2 aromatic heterocycles. The van der Waals surface area contributed by atoms with E-state index in [1.807, 2.05) is 0 Å². The van der Waals surface area contributed by atoms with Crippen LogP contribution in [-0.4, -0.2) is 20.5 Å². The Hall–Kier alpha value is -3.09. The Balaban J connectivity index is 1.83. The van der Waals surface area contributed by atoms with Crippen LogP contribution in [0, 0.1) is 6.92 Å². The molecule has 29 heavy (non-hydrogen) atoms. The van der Waals surface area contributed by atoms with Crippen LogP contribution < -0.4 is 10.3 Å². The van der Waals surface area contributed by atoms with Crippen LogP contribution in [0.2, 0.25) is 10.0 Å². The molecule has 0 bridgehead atoms. The standard InChI is InChI=1S/C21H15Cl2N3O3/c1-11-18(21(28)26(2)25-11)19(27)12-6-7-16-13(10-12)17(8-9-24-16)29-20-14(22)4-3-5-15(20)23/h3-10,25H,1-2H3. The van der Waals surface area contributed by atoms with Gasteiger partial charge in [-0.1, -0.05) is 29.3 Å². The van der Waals surface area contributed by atoms with Crippen molar-refractivity contribution in [2.24, 2.45) is 7.05 Å². The van der Waals surface area contributed by atoms with Gasteiger partial charge in [-0.15, -0.1) is 0 Å². The quantitative estimate of drug-likeness (QED) is 0.469. The monoisotopic (exact) mass is 427 g/mol. The number of hydrogen-bond acceptors (Lipinski definition) is 4. The molecule has 4 rings (SSSR count). The zero-order valence-electron chi connectivity index (χ0n) is 15.5. The molecule has 0 fully saturated rings. The van der Waals surface area contributed by atoms with Crippen LogP contribution in [0.4, 0.5) is 0 Å². The van der Waals surface area contributed by atoms with Gasteiger partial charge in [-0.2, -0.15) is 0 Å². The van der Waals surface area contributed by atoms with Crippen LogP contribution in [0.1, 0.15) is 21.6 Å². The second kappa shape index (κ2) is 7.39. The van der Waals surface area contributed by atoms with Gasteiger partial charge in [-0.05, 0) is 43.3 Å². The molecule has 0 aliphatic rings. The molecule has 1 N–H and O–H groups in total. The number of aromatic amines is 1. The summed E-state index contributed by atoms with van der Waals surface area (Å²) < 4.78 is 7.23. The molecule has 0 saturated heterocycles. The van der Waals surface area contributed by atoms with Crippen molar-refractivity contribution in [3.8, 4) is 11.5 Å². The van der Waals surface area contributed by atoms with Gasteiger partial charge in [0.15, 0.2) is 11.5 Å². The number of ether oxygens (including phenoxy) is 1. The van der Waals surface area contributed by atoms with Crippen LogP contribution >= 0.6 is 23.2 Å². The van der Waals surface area contributed by atoms with E-state index in [0.29, 0.717) is 43.7 Å². The van der Waals surface area contributed by atoms with Crippen LogP contribution in [0.25, 0.3) is 10.9 Å². The van der Waals surface area contributed by atoms with E-state index < -0.39 is 0 Å². The number of aromatic nitrogens is 3. The highest BCUT2D eigenvalue weighted by Gasteiger charge is 2.20. The zero-order chi connectivity index (χ0) is 20.7. The third-order valence-corrected chi connectivity index (χ3v) is 5.15. The van der Waals surface area contributed by atoms with Crippen molar-refractivity contribution in [2.75, 3.05) is 0 Å². The number of pyridine rings is 1. The first-order valence-corrected chi connectivity index (χ1v) is 9.43. The van der Waals surface area contributed by atoms with Crippen molar-refractivity contribution in [3.05, 3.63) is 85.9 Å². The van der Waals surface area contributed by atoms with E-state index in [0.717, 1.165) is 0 Å². The van der Waals surface area contributed by atoms with E-state index in [1.165, 1.54) is 4.68 Å². The van der Waals surface area contributed by atoms with Crippen LogP contribution in [0.3, 0.4) is 0 Å². The van der Waals surface area contributed by atoms with E-state index in [1.54, 1.807) is 62.6 Å². The lowest BCUT2D eigenvalue weighted by Crippen LogP contribution is -2.19. The summed E-state index contributed by atoms with van der Waals surface area (Å²) in [6.07, 6.45) is 1.59. The molecule has 0 spiro atoms. The summed E-state index contributed by atoms with van der Waals surface area (Å²) >= 11 is 12.4. The SMILES string of the molecule is Cc1[nH]n(C)c(=O)c1C(=O)c1ccc2nccc(Oc3c(Cl)cccc3Cl)c2c1. The summed E-state index contributed by atoms with van der Waals surface area (Å²) in [5, 5.41) is 4.16. The van der Waals surface area contributed by atoms with Gasteiger partial charge >= 0.3 is 0 Å². The third kappa shape index (κ3) is 3.41. The Labute approximate surface area is 175 Å². The minimum Gasteiger partial charge on any atom is -0.453 e. The molecule has 4 aromatic rings. The number of carbonyl (C=O) groups is 1. The van der Waals surface area contributed by atoms with Gasteiger partial charge in [0.25, 0.3) is 5.56 Å². The lowest BCUT2D eigenvalue weighted by Gasteiger charge is -2.12. The molecular formula is C21H15Cl2N3O3. The van der Waals surface area contributed by atoms with Crippen molar-refractivity contribution in [1.82, 2.24) is 14.8 Å². The summed E-state index contributed by atoms with van der Waals surface area (Å²) in [5.74, 6) is 0.380. The number of aryl methyl sites for hydroxylation is 2. The number of nitrogens with zero attached hydrogens (tertiary/aromatic N) is 2. The Morgan fingerprint density at radius 1 is 1.14 bits per heavy atom. The number of benzene rings is 2. The summed E-state index contributed by atoms with van der Waals surface area (Å²) in [7, 11) is 1.57. The average Bonchev–Trinajstić information content (AvgIpc) is 2.95. The number of para-hydroxylation sites is 1. The molecule has 8 heteroatoms. The number of halogens is 2. The van der Waals surface area contributed by atoms with Gasteiger partial charge in [-0.3, -0.25) is 24.4 Å². The van der Waals surface area contributed by atoms with Crippen molar-refractivity contribution in [1.29, 1.82) is 0 Å². The van der Waals surface area contributed by atoms with Gasteiger partial charge < -0.3 is 4.74 Å². The molecule has 0 aliphatic heterocycles. The molecule has 0 amide bonds. The highest BCUT2D eigenvalue weighted by atomic mass is 35.5. The smallest absolute Gasteiger partial charge is 0.277 e. The third-order valence-electron chi connectivity index (χ3n) is 4.55. The molecule has 0 aliphatic carbocycles. The molecular weight excluding hydrogens is 413 g/mol. The van der Waals surface area contributed by atoms with Gasteiger partial charge in [-0.25, -0.2) is 0 Å². The minimum absolute atomic E-state index is 0.104. The minimum atomic E-state index is -0.378. The average molecular weight is 428 g/mol. The lowest BCUT2D eigenvalue weighted by molar-refractivity contribution is 0.103. The second-order valence-electron chi connectivity index (χ2n) is 6.50. The fourth-order valence-electron chi connectivity index (χ4n) is 3.14. The van der Waals surface area contributed by atoms with Gasteiger partial charge in [0.1, 0.15) is 11.3 Å². The number of nitrogens with one attached hydrogen (secondary N) is 1. The highest BCUT2D eigenvalue weighted by molar-refractivity contribution is 6.37. The molecule has 0 unspecified atom stereocenters. The Bertz CT molecular complexity index is 1300. The van der Waals surface area contributed by atoms with Gasteiger partial charge in [0, 0.05) is 29.9 Å². The largest absolute Gasteiger partial charge is 0.453 e. The fraction of sp³-hybridized carbons (Fsp3) is 0.0952. The van der Waals surface area contributed by atoms with Crippen molar-refractivity contribution in [3.63, 3.8) is 0 Å². The number of carbonyl (C=O) groups excluding carboxylic acids is 1. The summed E-state index contributed by atoms with van der Waals surface area (Å²) in [4.78, 5) is 29.6. The van der Waals surface area contributed by atoms with Crippen LogP contribution in [-0.2, 0) is 7.05 Å². The Morgan fingerprint density at radius 2 is 1.86 bits per heavy atom. The maximum atomic E-state index is 13.0. The number of ketones is 1. The Kier molecular flexibility index (Phi) is 4.90. The fourth-order valence-corrected chi connectivity index (χ4v) is 3.61. The van der Waals surface area contributed by atoms with Gasteiger partial charge in [0.2, 0.25) is 0 Å². The predicted molar refractivity (Wildman–Crippen MR) is 112 cm³/mol. The zero-order valence-corrected chi connectivity index (χ0v) is 17.0. The number of fused-ring (bicyclic) bond motifs is 1. The number of hydrogen-bond donors (Lipinski definition) is 1. The Morgan fingerprint density at radius 3 is 2.52 bits per heavy atom. The molecule has 2 heterocycles. The molecule has 0 saturated carbocycles. The lowest BCUT2D eigenvalue weighted by atomic mass is 10.0. The first-order valence-electron chi connectivity index (χ1n) is 8.67. The summed E-state index contributed by atoms with van der Waals surface area (Å²) in [6.45, 7) is 1.69. The normalized spacial score (nSPS) is 11.0. The summed E-state index contributed by atoms with van der Waals surface area (Å²) in [5.41, 5.74) is 1.21. The van der Waals surface area contributed by atoms with E-state index >= 15 is 0 Å². The maximum absolute atomic E-state index is 13.0.